The molecule has 0 saturated carbocycles. The van der Waals surface area contributed by atoms with Gasteiger partial charge in [0.15, 0.2) is 0 Å². The molecule has 1 aliphatic rings. The number of fused-ring (bicyclic) bond motifs is 1. The van der Waals surface area contributed by atoms with Crippen LogP contribution in [0.2, 0.25) is 0 Å². The van der Waals surface area contributed by atoms with Crippen molar-refractivity contribution in [2.45, 2.75) is 25.4 Å². The highest BCUT2D eigenvalue weighted by Gasteiger charge is 2.25. The van der Waals surface area contributed by atoms with Crippen LogP contribution in [0.1, 0.15) is 40.6 Å². The Morgan fingerprint density at radius 3 is 2.84 bits per heavy atom. The van der Waals surface area contributed by atoms with Gasteiger partial charge in [0, 0.05) is 6.20 Å². The SMILES string of the molecule is O=C(O[C@@H]1CCCc2cccnc21)c1ccccc1. The average Bonchev–Trinajstić information content (AvgIpc) is 2.48. The van der Waals surface area contributed by atoms with Crippen molar-refractivity contribution in [3.63, 3.8) is 0 Å². The van der Waals surface area contributed by atoms with Gasteiger partial charge >= 0.3 is 5.97 Å². The zero-order valence-corrected chi connectivity index (χ0v) is 10.6. The number of aryl methyl sites for hydroxylation is 1. The molecule has 1 heterocycles. The molecule has 0 N–H and O–H groups in total. The molecule has 1 aliphatic carbocycles. The molecule has 96 valence electrons. The Labute approximate surface area is 112 Å². The van der Waals surface area contributed by atoms with E-state index in [0.29, 0.717) is 5.56 Å². The van der Waals surface area contributed by atoms with Crippen molar-refractivity contribution in [3.8, 4) is 0 Å². The van der Waals surface area contributed by atoms with Crippen molar-refractivity contribution in [1.29, 1.82) is 0 Å². The Morgan fingerprint density at radius 1 is 1.16 bits per heavy atom. The summed E-state index contributed by atoms with van der Waals surface area (Å²) in [5, 5.41) is 0. The topological polar surface area (TPSA) is 39.2 Å². The Hall–Kier alpha value is -2.16. The summed E-state index contributed by atoms with van der Waals surface area (Å²) in [7, 11) is 0. The first-order valence-electron chi connectivity index (χ1n) is 6.54. The molecule has 0 radical (unpaired) electrons. The molecule has 3 nitrogen and oxygen atoms in total. The third-order valence-corrected chi connectivity index (χ3v) is 3.40. The van der Waals surface area contributed by atoms with E-state index in [4.69, 9.17) is 4.74 Å². The van der Waals surface area contributed by atoms with E-state index < -0.39 is 0 Å². The zero-order chi connectivity index (χ0) is 13.1. The van der Waals surface area contributed by atoms with Gasteiger partial charge < -0.3 is 4.74 Å². The van der Waals surface area contributed by atoms with E-state index in [9.17, 15) is 4.79 Å². The van der Waals surface area contributed by atoms with Crippen molar-refractivity contribution < 1.29 is 9.53 Å². The molecular weight excluding hydrogens is 238 g/mol. The van der Waals surface area contributed by atoms with E-state index in [2.05, 4.69) is 11.1 Å². The molecule has 3 heteroatoms. The third kappa shape index (κ3) is 2.50. The van der Waals surface area contributed by atoms with Crippen LogP contribution < -0.4 is 0 Å². The van der Waals surface area contributed by atoms with Crippen molar-refractivity contribution in [3.05, 3.63) is 65.5 Å². The fourth-order valence-electron chi connectivity index (χ4n) is 2.45. The van der Waals surface area contributed by atoms with Crippen molar-refractivity contribution >= 4 is 5.97 Å². The maximum Gasteiger partial charge on any atom is 0.338 e. The second-order valence-corrected chi connectivity index (χ2v) is 4.70. The number of nitrogens with zero attached hydrogens (tertiary/aromatic N) is 1. The van der Waals surface area contributed by atoms with Gasteiger partial charge in [-0.25, -0.2) is 4.79 Å². The molecular formula is C16H15NO2. The molecule has 0 amide bonds. The standard InChI is InChI=1S/C16H15NO2/c18-16(13-6-2-1-3-7-13)19-14-10-4-8-12-9-5-11-17-15(12)14/h1-3,5-7,9,11,14H,4,8,10H2/t14-/m1/s1. The molecule has 3 rings (SSSR count). The Morgan fingerprint density at radius 2 is 2.00 bits per heavy atom. The minimum Gasteiger partial charge on any atom is -0.452 e. The van der Waals surface area contributed by atoms with Gasteiger partial charge in [0.05, 0.1) is 11.3 Å². The molecule has 1 aromatic carbocycles. The molecule has 1 atom stereocenters. The summed E-state index contributed by atoms with van der Waals surface area (Å²) >= 11 is 0. The van der Waals surface area contributed by atoms with Crippen LogP contribution in [0.15, 0.2) is 48.7 Å². The summed E-state index contributed by atoms with van der Waals surface area (Å²) in [6, 6.07) is 13.1. The van der Waals surface area contributed by atoms with Gasteiger partial charge in [0.1, 0.15) is 6.10 Å². The van der Waals surface area contributed by atoms with E-state index in [1.165, 1.54) is 5.56 Å². The number of rotatable bonds is 2. The van der Waals surface area contributed by atoms with Crippen LogP contribution in [0.4, 0.5) is 0 Å². The van der Waals surface area contributed by atoms with Crippen LogP contribution in [-0.4, -0.2) is 11.0 Å². The van der Waals surface area contributed by atoms with E-state index in [1.54, 1.807) is 18.3 Å². The Bertz CT molecular complexity index is 580. The lowest BCUT2D eigenvalue weighted by Crippen LogP contribution is -2.18. The summed E-state index contributed by atoms with van der Waals surface area (Å²) in [6.07, 6.45) is 4.45. The van der Waals surface area contributed by atoms with Crippen molar-refractivity contribution in [2.24, 2.45) is 0 Å². The summed E-state index contributed by atoms with van der Waals surface area (Å²) in [4.78, 5) is 16.4. The fourth-order valence-corrected chi connectivity index (χ4v) is 2.45. The van der Waals surface area contributed by atoms with Gasteiger partial charge in [-0.05, 0) is 43.0 Å². The van der Waals surface area contributed by atoms with Crippen molar-refractivity contribution in [1.82, 2.24) is 4.98 Å². The molecule has 1 aromatic heterocycles. The van der Waals surface area contributed by atoms with Crippen LogP contribution in [0.5, 0.6) is 0 Å². The zero-order valence-electron chi connectivity index (χ0n) is 10.6. The number of aromatic nitrogens is 1. The van der Waals surface area contributed by atoms with Gasteiger partial charge in [0.25, 0.3) is 0 Å². The van der Waals surface area contributed by atoms with E-state index in [1.807, 2.05) is 24.3 Å². The average molecular weight is 253 g/mol. The van der Waals surface area contributed by atoms with Crippen LogP contribution in [-0.2, 0) is 11.2 Å². The van der Waals surface area contributed by atoms with Gasteiger partial charge in [-0.2, -0.15) is 0 Å². The number of esters is 1. The molecule has 19 heavy (non-hydrogen) atoms. The number of hydrogen-bond donors (Lipinski definition) is 0. The lowest BCUT2D eigenvalue weighted by atomic mass is 9.94. The molecule has 0 unspecified atom stereocenters. The number of ether oxygens (including phenoxy) is 1. The number of carbonyl (C=O) groups is 1. The largest absolute Gasteiger partial charge is 0.452 e. The Balaban J connectivity index is 1.80. The smallest absolute Gasteiger partial charge is 0.338 e. The van der Waals surface area contributed by atoms with Gasteiger partial charge in [-0.3, -0.25) is 4.98 Å². The van der Waals surface area contributed by atoms with E-state index in [-0.39, 0.29) is 12.1 Å². The molecule has 0 aliphatic heterocycles. The second kappa shape index (κ2) is 5.22. The quantitative estimate of drug-likeness (QED) is 0.771. The van der Waals surface area contributed by atoms with Crippen LogP contribution in [0.3, 0.4) is 0 Å². The summed E-state index contributed by atoms with van der Waals surface area (Å²) in [6.45, 7) is 0. The van der Waals surface area contributed by atoms with E-state index in [0.717, 1.165) is 25.0 Å². The summed E-state index contributed by atoms with van der Waals surface area (Å²) in [5.41, 5.74) is 2.70. The molecule has 0 saturated heterocycles. The minimum atomic E-state index is -0.274. The highest BCUT2D eigenvalue weighted by Crippen LogP contribution is 2.31. The number of benzene rings is 1. The maximum absolute atomic E-state index is 12.1. The highest BCUT2D eigenvalue weighted by molar-refractivity contribution is 5.89. The number of hydrogen-bond acceptors (Lipinski definition) is 3. The predicted octanol–water partition coefficient (Wildman–Crippen LogP) is 3.32. The number of pyridine rings is 1. The first kappa shape index (κ1) is 11.9. The summed E-state index contributed by atoms with van der Waals surface area (Å²) < 4.78 is 5.60. The predicted molar refractivity (Wildman–Crippen MR) is 71.8 cm³/mol. The summed E-state index contributed by atoms with van der Waals surface area (Å²) in [5.74, 6) is -0.274. The van der Waals surface area contributed by atoms with Crippen molar-refractivity contribution in [2.75, 3.05) is 0 Å². The lowest BCUT2D eigenvalue weighted by Gasteiger charge is -2.24. The van der Waals surface area contributed by atoms with Crippen LogP contribution in [0.25, 0.3) is 0 Å². The molecule has 0 spiro atoms. The first-order chi connectivity index (χ1) is 9.34. The first-order valence-corrected chi connectivity index (χ1v) is 6.54. The molecule has 0 bridgehead atoms. The molecule has 0 fully saturated rings. The van der Waals surface area contributed by atoms with Gasteiger partial charge in [-0.1, -0.05) is 24.3 Å². The van der Waals surface area contributed by atoms with Gasteiger partial charge in [0.2, 0.25) is 0 Å². The normalized spacial score (nSPS) is 17.6. The molecule has 2 aromatic rings. The van der Waals surface area contributed by atoms with Crippen LogP contribution in [0, 0.1) is 0 Å². The monoisotopic (exact) mass is 253 g/mol. The minimum absolute atomic E-state index is 0.211. The Kier molecular flexibility index (Phi) is 3.27. The maximum atomic E-state index is 12.1. The number of carbonyl (C=O) groups excluding carboxylic acids is 1. The fraction of sp³-hybridized carbons (Fsp3) is 0.250. The van der Waals surface area contributed by atoms with Crippen LogP contribution >= 0.6 is 0 Å². The second-order valence-electron chi connectivity index (χ2n) is 4.70. The highest BCUT2D eigenvalue weighted by atomic mass is 16.5. The van der Waals surface area contributed by atoms with E-state index >= 15 is 0 Å². The third-order valence-electron chi connectivity index (χ3n) is 3.40. The van der Waals surface area contributed by atoms with Gasteiger partial charge in [-0.15, -0.1) is 0 Å². The lowest BCUT2D eigenvalue weighted by molar-refractivity contribution is 0.0245.